The van der Waals surface area contributed by atoms with Gasteiger partial charge in [0.2, 0.25) is 0 Å². The Morgan fingerprint density at radius 2 is 0.818 bits per heavy atom. The van der Waals surface area contributed by atoms with Gasteiger partial charge in [-0.1, -0.05) is 101 Å². The number of hydrogen-bond donors (Lipinski definition) is 0. The van der Waals surface area contributed by atoms with Gasteiger partial charge in [0.05, 0.1) is 30.5 Å². The van der Waals surface area contributed by atoms with Crippen molar-refractivity contribution < 1.29 is 18.9 Å². The maximum Gasteiger partial charge on any atom is 0.154 e. The van der Waals surface area contributed by atoms with Crippen LogP contribution in [0.5, 0.6) is 0 Å². The first-order chi connectivity index (χ1) is 16.1. The number of rotatable bonds is 26. The van der Waals surface area contributed by atoms with Crippen molar-refractivity contribution in [3.05, 3.63) is 0 Å². The zero-order valence-electron chi connectivity index (χ0n) is 22.6. The van der Waals surface area contributed by atoms with Crippen LogP contribution in [0.2, 0.25) is 12.1 Å². The number of unbranched alkanes of at least 4 members (excludes halogenated alkanes) is 4. The molecule has 0 fully saturated rings. The highest BCUT2D eigenvalue weighted by Crippen LogP contribution is 2.40. The third-order valence-electron chi connectivity index (χ3n) is 5.37. The Morgan fingerprint density at radius 1 is 0.515 bits per heavy atom. The van der Waals surface area contributed by atoms with Crippen molar-refractivity contribution in [2.75, 3.05) is 37.9 Å². The van der Waals surface area contributed by atoms with Crippen LogP contribution < -0.4 is 0 Å². The summed E-state index contributed by atoms with van der Waals surface area (Å²) in [4.78, 5) is 0. The SMILES string of the molecule is CCCCOC(CSSSCC(OCCCC)(OCCCC)[SiH2]CC)(OCCCC)[SiH2]CC. The lowest BCUT2D eigenvalue weighted by molar-refractivity contribution is -0.166. The number of hydrogen-bond acceptors (Lipinski definition) is 7. The van der Waals surface area contributed by atoms with Crippen LogP contribution in [0.4, 0.5) is 0 Å². The fraction of sp³-hybridized carbons (Fsp3) is 1.00. The lowest BCUT2D eigenvalue weighted by Gasteiger charge is -2.34. The minimum atomic E-state index is -0.455. The first-order valence-electron chi connectivity index (χ1n) is 13.5. The summed E-state index contributed by atoms with van der Waals surface area (Å²) in [5.74, 6) is 1.84. The van der Waals surface area contributed by atoms with Crippen molar-refractivity contribution in [3.8, 4) is 0 Å². The molecule has 0 atom stereocenters. The molecule has 33 heavy (non-hydrogen) atoms. The Morgan fingerprint density at radius 3 is 1.06 bits per heavy atom. The molecular weight excluding hydrogens is 505 g/mol. The molecule has 4 nitrogen and oxygen atoms in total. The topological polar surface area (TPSA) is 36.9 Å². The largest absolute Gasteiger partial charge is 0.354 e. The average Bonchev–Trinajstić information content (AvgIpc) is 2.80. The molecule has 0 radical (unpaired) electrons. The van der Waals surface area contributed by atoms with Gasteiger partial charge in [-0.25, -0.2) is 0 Å². The zero-order valence-corrected chi connectivity index (χ0v) is 27.9. The molecule has 0 rings (SSSR count). The van der Waals surface area contributed by atoms with E-state index >= 15 is 0 Å². The molecule has 0 aliphatic carbocycles. The predicted octanol–water partition coefficient (Wildman–Crippen LogP) is 6.80. The van der Waals surface area contributed by atoms with Gasteiger partial charge in [-0.05, 0) is 35.5 Å². The molecule has 0 aromatic heterocycles. The monoisotopic (exact) mass is 558 g/mol. The van der Waals surface area contributed by atoms with Gasteiger partial charge in [-0.3, -0.25) is 0 Å². The van der Waals surface area contributed by atoms with Crippen LogP contribution in [0.15, 0.2) is 0 Å². The third-order valence-corrected chi connectivity index (χ3v) is 14.3. The molecule has 0 aromatic carbocycles. The first kappa shape index (κ1) is 34.3. The molecule has 0 spiro atoms. The summed E-state index contributed by atoms with van der Waals surface area (Å²) in [6, 6.07) is 2.41. The Kier molecular flexibility index (Phi) is 24.7. The van der Waals surface area contributed by atoms with Crippen LogP contribution in [0.25, 0.3) is 0 Å². The highest BCUT2D eigenvalue weighted by molar-refractivity contribution is 9.09. The second-order valence-corrected chi connectivity index (χ2v) is 18.1. The van der Waals surface area contributed by atoms with Crippen LogP contribution in [0.1, 0.15) is 92.9 Å². The summed E-state index contributed by atoms with van der Waals surface area (Å²) in [5, 5.41) is 0. The van der Waals surface area contributed by atoms with Crippen molar-refractivity contribution in [3.63, 3.8) is 0 Å². The summed E-state index contributed by atoms with van der Waals surface area (Å²) in [7, 11) is 4.76. The van der Waals surface area contributed by atoms with Crippen LogP contribution in [0, 0.1) is 0 Å². The second kappa shape index (κ2) is 23.7. The second-order valence-electron chi connectivity index (χ2n) is 8.72. The summed E-state index contributed by atoms with van der Waals surface area (Å²) < 4.78 is 25.7. The minimum absolute atomic E-state index is 0.318. The molecular formula is C24H54O4S3Si2. The Hall–Kier alpha value is 1.32. The normalized spacial score (nSPS) is 13.3. The Labute approximate surface area is 222 Å². The fourth-order valence-corrected chi connectivity index (χ4v) is 12.6. The van der Waals surface area contributed by atoms with E-state index in [-0.39, 0.29) is 10.8 Å². The van der Waals surface area contributed by atoms with E-state index in [0.29, 0.717) is 0 Å². The Balaban J connectivity index is 4.89. The van der Waals surface area contributed by atoms with E-state index in [1.807, 2.05) is 31.4 Å². The lowest BCUT2D eigenvalue weighted by Crippen LogP contribution is -2.45. The molecule has 0 heterocycles. The van der Waals surface area contributed by atoms with Crippen molar-refractivity contribution in [2.45, 2.75) is 116 Å². The molecule has 0 aromatic rings. The standard InChI is InChI=1S/C24H54O4S3Si2/c1-7-13-17-25-23(32-11-5,26-18-14-8-2)21-29-31-30-22-24(33-12-6,27-19-15-9-3)28-20-16-10-4/h7-22,32-33H2,1-6H3. The molecule has 0 bridgehead atoms. The van der Waals surface area contributed by atoms with E-state index in [1.54, 1.807) is 0 Å². The molecule has 9 heteroatoms. The van der Waals surface area contributed by atoms with Gasteiger partial charge in [0, 0.05) is 26.4 Å². The molecule has 0 amide bonds. The molecule has 0 N–H and O–H groups in total. The first-order valence-corrected chi connectivity index (χ1v) is 20.8. The van der Waals surface area contributed by atoms with Gasteiger partial charge in [0.1, 0.15) is 0 Å². The fourth-order valence-electron chi connectivity index (χ4n) is 3.32. The van der Waals surface area contributed by atoms with Gasteiger partial charge >= 0.3 is 0 Å². The average molecular weight is 559 g/mol. The summed E-state index contributed by atoms with van der Waals surface area (Å²) in [6.45, 7) is 16.7. The van der Waals surface area contributed by atoms with E-state index in [2.05, 4.69) is 41.5 Å². The Bertz CT molecular complexity index is 367. The van der Waals surface area contributed by atoms with Crippen molar-refractivity contribution >= 4 is 50.5 Å². The lowest BCUT2D eigenvalue weighted by atomic mass is 10.3. The van der Waals surface area contributed by atoms with Crippen LogP contribution in [-0.2, 0) is 18.9 Å². The van der Waals surface area contributed by atoms with Crippen molar-refractivity contribution in [2.24, 2.45) is 0 Å². The molecule has 200 valence electrons. The van der Waals surface area contributed by atoms with Gasteiger partial charge in [-0.15, -0.1) is 0 Å². The van der Waals surface area contributed by atoms with Crippen molar-refractivity contribution in [1.82, 2.24) is 0 Å². The molecule has 0 unspecified atom stereocenters. The van der Waals surface area contributed by atoms with E-state index in [0.717, 1.165) is 89.3 Å². The van der Waals surface area contributed by atoms with Gasteiger partial charge < -0.3 is 18.9 Å². The predicted molar refractivity (Wildman–Crippen MR) is 159 cm³/mol. The highest BCUT2D eigenvalue weighted by Gasteiger charge is 2.33. The maximum atomic E-state index is 6.43. The summed E-state index contributed by atoms with van der Waals surface area (Å²) in [5.41, 5.74) is -0.635. The van der Waals surface area contributed by atoms with Gasteiger partial charge in [0.15, 0.2) is 10.8 Å². The number of ether oxygens (including phenoxy) is 4. The molecule has 0 aliphatic rings. The van der Waals surface area contributed by atoms with E-state index in [9.17, 15) is 0 Å². The smallest absolute Gasteiger partial charge is 0.154 e. The van der Waals surface area contributed by atoms with E-state index in [1.165, 1.54) is 12.1 Å². The van der Waals surface area contributed by atoms with Gasteiger partial charge in [-0.2, -0.15) is 0 Å². The minimum Gasteiger partial charge on any atom is -0.354 e. The van der Waals surface area contributed by atoms with Crippen LogP contribution in [-0.4, -0.2) is 67.8 Å². The van der Waals surface area contributed by atoms with Crippen LogP contribution in [0.3, 0.4) is 0 Å². The zero-order chi connectivity index (χ0) is 24.7. The molecule has 0 saturated carbocycles. The quantitative estimate of drug-likeness (QED) is 0.0500. The molecule has 0 saturated heterocycles. The highest BCUT2D eigenvalue weighted by atomic mass is 33.5. The van der Waals surface area contributed by atoms with Crippen LogP contribution >= 0.6 is 31.4 Å². The maximum absolute atomic E-state index is 6.43. The van der Waals surface area contributed by atoms with E-state index < -0.39 is 19.0 Å². The van der Waals surface area contributed by atoms with Gasteiger partial charge in [0.25, 0.3) is 0 Å². The van der Waals surface area contributed by atoms with Crippen molar-refractivity contribution in [1.29, 1.82) is 0 Å². The summed E-state index contributed by atoms with van der Waals surface area (Å²) in [6.07, 6.45) is 9.09. The third kappa shape index (κ3) is 17.4. The van der Waals surface area contributed by atoms with E-state index in [4.69, 9.17) is 18.9 Å². The molecule has 0 aliphatic heterocycles. The summed E-state index contributed by atoms with van der Waals surface area (Å²) >= 11 is 0.